The van der Waals surface area contributed by atoms with Gasteiger partial charge in [-0.25, -0.2) is 9.97 Å². The lowest BCUT2D eigenvalue weighted by Crippen LogP contribution is -2.52. The molecule has 2 amide bonds. The molecule has 0 atom stereocenters. The van der Waals surface area contributed by atoms with Gasteiger partial charge in [-0.1, -0.05) is 12.8 Å². The summed E-state index contributed by atoms with van der Waals surface area (Å²) in [6.45, 7) is 1.92. The molecule has 2 aromatic heterocycles. The van der Waals surface area contributed by atoms with Crippen LogP contribution in [0.5, 0.6) is 0 Å². The summed E-state index contributed by atoms with van der Waals surface area (Å²) in [6.07, 6.45) is 7.71. The summed E-state index contributed by atoms with van der Waals surface area (Å²) in [5.41, 5.74) is 0.724. The second-order valence-electron chi connectivity index (χ2n) is 8.31. The van der Waals surface area contributed by atoms with Crippen molar-refractivity contribution >= 4 is 23.0 Å². The van der Waals surface area contributed by atoms with Crippen molar-refractivity contribution in [1.82, 2.24) is 24.3 Å². The first kappa shape index (κ1) is 18.3. The highest BCUT2D eigenvalue weighted by atomic mass is 16.2. The molecule has 2 aromatic rings. The van der Waals surface area contributed by atoms with E-state index in [9.17, 15) is 14.4 Å². The standard InChI is InChI=1S/C21H25N5O3/c27-19(14-4-1-2-5-14)24-10-12-25(13-11-24)20(28)17-21(29)26(15-7-8-15)18-16(23-17)6-3-9-22-18/h3,6,9,14-15H,1-2,4-5,7-8,10-13H2. The fourth-order valence-corrected chi connectivity index (χ4v) is 4.56. The van der Waals surface area contributed by atoms with Crippen LogP contribution in [0.3, 0.4) is 0 Å². The van der Waals surface area contributed by atoms with Gasteiger partial charge in [0.1, 0.15) is 5.52 Å². The van der Waals surface area contributed by atoms with E-state index in [1.807, 2.05) is 4.90 Å². The molecule has 2 saturated carbocycles. The fraction of sp³-hybridized carbons (Fsp3) is 0.571. The number of aromatic nitrogens is 3. The molecular weight excluding hydrogens is 370 g/mol. The van der Waals surface area contributed by atoms with Crippen LogP contribution in [0.25, 0.3) is 11.2 Å². The van der Waals surface area contributed by atoms with Crippen LogP contribution in [0, 0.1) is 5.92 Å². The minimum atomic E-state index is -0.354. The van der Waals surface area contributed by atoms with E-state index >= 15 is 0 Å². The van der Waals surface area contributed by atoms with Crippen molar-refractivity contribution in [1.29, 1.82) is 0 Å². The first-order valence-electron chi connectivity index (χ1n) is 10.6. The minimum Gasteiger partial charge on any atom is -0.339 e. The van der Waals surface area contributed by atoms with Crippen molar-refractivity contribution in [2.75, 3.05) is 26.2 Å². The van der Waals surface area contributed by atoms with E-state index in [1.54, 1.807) is 27.8 Å². The van der Waals surface area contributed by atoms with Crippen molar-refractivity contribution in [3.8, 4) is 0 Å². The number of nitrogens with zero attached hydrogens (tertiary/aromatic N) is 5. The molecule has 1 saturated heterocycles. The number of carbonyl (C=O) groups is 2. The van der Waals surface area contributed by atoms with Gasteiger partial charge in [0, 0.05) is 44.3 Å². The molecule has 1 aliphatic heterocycles. The minimum absolute atomic E-state index is 0.0343. The van der Waals surface area contributed by atoms with Crippen LogP contribution in [0.1, 0.15) is 55.1 Å². The Kier molecular flexibility index (Phi) is 4.56. The van der Waals surface area contributed by atoms with Crippen molar-refractivity contribution < 1.29 is 9.59 Å². The van der Waals surface area contributed by atoms with Gasteiger partial charge in [0.15, 0.2) is 11.3 Å². The maximum absolute atomic E-state index is 13.1. The van der Waals surface area contributed by atoms with Crippen LogP contribution in [0.4, 0.5) is 0 Å². The van der Waals surface area contributed by atoms with Gasteiger partial charge >= 0.3 is 0 Å². The number of piperazine rings is 1. The van der Waals surface area contributed by atoms with Crippen LogP contribution >= 0.6 is 0 Å². The van der Waals surface area contributed by atoms with Gasteiger partial charge in [-0.3, -0.25) is 19.0 Å². The average molecular weight is 395 g/mol. The first-order valence-corrected chi connectivity index (χ1v) is 10.6. The molecule has 8 heteroatoms. The van der Waals surface area contributed by atoms with Crippen LogP contribution in [0.2, 0.25) is 0 Å². The number of pyridine rings is 1. The van der Waals surface area contributed by atoms with Gasteiger partial charge in [0.2, 0.25) is 5.91 Å². The second-order valence-corrected chi connectivity index (χ2v) is 8.31. The Morgan fingerprint density at radius 2 is 1.66 bits per heavy atom. The SMILES string of the molecule is O=C(c1nc2cccnc2n(C2CC2)c1=O)N1CCN(C(=O)C2CCCC2)CC1. The first-order chi connectivity index (χ1) is 14.1. The summed E-state index contributed by atoms with van der Waals surface area (Å²) in [4.78, 5) is 51.0. The Bertz CT molecular complexity index is 1010. The van der Waals surface area contributed by atoms with Gasteiger partial charge in [0.25, 0.3) is 11.5 Å². The number of fused-ring (bicyclic) bond motifs is 1. The third-order valence-electron chi connectivity index (χ3n) is 6.35. The van der Waals surface area contributed by atoms with Crippen molar-refractivity contribution in [3.63, 3.8) is 0 Å². The molecule has 0 bridgehead atoms. The summed E-state index contributed by atoms with van der Waals surface area (Å²) < 4.78 is 1.63. The molecule has 152 valence electrons. The molecule has 0 N–H and O–H groups in total. The van der Waals surface area contributed by atoms with E-state index < -0.39 is 0 Å². The van der Waals surface area contributed by atoms with E-state index in [0.29, 0.717) is 37.3 Å². The van der Waals surface area contributed by atoms with E-state index in [1.165, 1.54) is 0 Å². The Hall–Kier alpha value is -2.77. The van der Waals surface area contributed by atoms with Crippen molar-refractivity contribution in [3.05, 3.63) is 34.4 Å². The fourth-order valence-electron chi connectivity index (χ4n) is 4.56. The summed E-state index contributed by atoms with van der Waals surface area (Å²) in [6, 6.07) is 3.66. The molecule has 0 unspecified atom stereocenters. The smallest absolute Gasteiger partial charge is 0.284 e. The number of rotatable bonds is 3. The lowest BCUT2D eigenvalue weighted by Gasteiger charge is -2.35. The molecule has 5 rings (SSSR count). The summed E-state index contributed by atoms with van der Waals surface area (Å²) in [7, 11) is 0. The van der Waals surface area contributed by atoms with Gasteiger partial charge in [-0.15, -0.1) is 0 Å². The normalized spacial score (nSPS) is 20.4. The average Bonchev–Trinajstić information content (AvgIpc) is 3.44. The molecule has 29 heavy (non-hydrogen) atoms. The van der Waals surface area contributed by atoms with Crippen LogP contribution in [-0.4, -0.2) is 62.3 Å². The molecule has 3 fully saturated rings. The lowest BCUT2D eigenvalue weighted by molar-refractivity contribution is -0.136. The molecule has 0 spiro atoms. The highest BCUT2D eigenvalue weighted by Crippen LogP contribution is 2.35. The number of hydrogen-bond acceptors (Lipinski definition) is 5. The monoisotopic (exact) mass is 395 g/mol. The molecule has 0 aromatic carbocycles. The molecule has 0 radical (unpaired) electrons. The highest BCUT2D eigenvalue weighted by molar-refractivity contribution is 5.94. The Labute approximate surface area is 168 Å². The highest BCUT2D eigenvalue weighted by Gasteiger charge is 2.34. The topological polar surface area (TPSA) is 88.4 Å². The van der Waals surface area contributed by atoms with E-state index in [2.05, 4.69) is 9.97 Å². The quantitative estimate of drug-likeness (QED) is 0.788. The van der Waals surface area contributed by atoms with E-state index in [-0.39, 0.29) is 35.0 Å². The Balaban J connectivity index is 1.36. The summed E-state index contributed by atoms with van der Waals surface area (Å²) in [5, 5.41) is 0. The maximum Gasteiger partial charge on any atom is 0.284 e. The van der Waals surface area contributed by atoms with E-state index in [4.69, 9.17) is 0 Å². The molecule has 8 nitrogen and oxygen atoms in total. The van der Waals surface area contributed by atoms with Crippen LogP contribution < -0.4 is 5.56 Å². The van der Waals surface area contributed by atoms with Gasteiger partial charge in [-0.2, -0.15) is 0 Å². The van der Waals surface area contributed by atoms with Gasteiger partial charge in [-0.05, 0) is 37.8 Å². The van der Waals surface area contributed by atoms with Crippen molar-refractivity contribution in [2.45, 2.75) is 44.6 Å². The zero-order valence-electron chi connectivity index (χ0n) is 16.4. The largest absolute Gasteiger partial charge is 0.339 e. The van der Waals surface area contributed by atoms with Gasteiger partial charge < -0.3 is 9.80 Å². The maximum atomic E-state index is 13.1. The predicted molar refractivity (Wildman–Crippen MR) is 107 cm³/mol. The zero-order valence-corrected chi connectivity index (χ0v) is 16.4. The summed E-state index contributed by atoms with van der Waals surface area (Å²) in [5.74, 6) is 0.0290. The van der Waals surface area contributed by atoms with Crippen molar-refractivity contribution in [2.24, 2.45) is 5.92 Å². The zero-order chi connectivity index (χ0) is 20.0. The third kappa shape index (κ3) is 3.30. The molecule has 3 aliphatic rings. The molecule has 2 aliphatic carbocycles. The molecular formula is C21H25N5O3. The Morgan fingerprint density at radius 3 is 2.34 bits per heavy atom. The third-order valence-corrected chi connectivity index (χ3v) is 6.35. The number of carbonyl (C=O) groups excluding carboxylic acids is 2. The van der Waals surface area contributed by atoms with E-state index in [0.717, 1.165) is 38.5 Å². The van der Waals surface area contributed by atoms with Gasteiger partial charge in [0.05, 0.1) is 0 Å². The van der Waals surface area contributed by atoms with Crippen LogP contribution in [-0.2, 0) is 4.79 Å². The number of hydrogen-bond donors (Lipinski definition) is 0. The summed E-state index contributed by atoms with van der Waals surface area (Å²) >= 11 is 0. The second kappa shape index (κ2) is 7.24. The molecule has 3 heterocycles. The lowest BCUT2D eigenvalue weighted by atomic mass is 10.1. The predicted octanol–water partition coefficient (Wildman–Crippen LogP) is 1.60. The van der Waals surface area contributed by atoms with Crippen LogP contribution in [0.15, 0.2) is 23.1 Å². The Morgan fingerprint density at radius 1 is 0.966 bits per heavy atom. The number of amides is 2.